The van der Waals surface area contributed by atoms with Crippen LogP contribution < -0.4 is 10.2 Å². The zero-order chi connectivity index (χ0) is 18.5. The number of rotatable bonds is 6. The molecule has 2 aromatic rings. The predicted molar refractivity (Wildman–Crippen MR) is 107 cm³/mol. The maximum atomic E-state index is 12.4. The third-order valence-corrected chi connectivity index (χ3v) is 5.96. The highest BCUT2D eigenvalue weighted by Gasteiger charge is 2.16. The fourth-order valence-electron chi connectivity index (χ4n) is 3.21. The summed E-state index contributed by atoms with van der Waals surface area (Å²) in [7, 11) is 1.65. The Kier molecular flexibility index (Phi) is 6.27. The number of piperidine rings is 1. The number of nitrogens with one attached hydrogen (secondary N) is 1. The zero-order valence-corrected chi connectivity index (χ0v) is 16.6. The lowest BCUT2D eigenvalue weighted by atomic mass is 9.99. The maximum Gasteiger partial charge on any atom is 0.229 e. The number of benzene rings is 1. The molecule has 2 heterocycles. The number of aromatic nitrogens is 1. The van der Waals surface area contributed by atoms with Gasteiger partial charge in [0.05, 0.1) is 18.7 Å². The molecule has 1 saturated heterocycles. The summed E-state index contributed by atoms with van der Waals surface area (Å²) in [6.45, 7) is 6.97. The molecule has 1 fully saturated rings. The molecule has 26 heavy (non-hydrogen) atoms. The fraction of sp³-hybridized carbons (Fsp3) is 0.500. The molecular formula is C20H27N3O2S. The fourth-order valence-corrected chi connectivity index (χ4v) is 4.25. The van der Waals surface area contributed by atoms with E-state index in [0.29, 0.717) is 13.0 Å². The van der Waals surface area contributed by atoms with Crippen LogP contribution in [0, 0.1) is 12.8 Å². The van der Waals surface area contributed by atoms with E-state index in [0.717, 1.165) is 40.3 Å². The molecule has 5 nitrogen and oxygen atoms in total. The van der Waals surface area contributed by atoms with Crippen molar-refractivity contribution in [2.24, 2.45) is 5.92 Å². The van der Waals surface area contributed by atoms with Crippen molar-refractivity contribution >= 4 is 28.6 Å². The summed E-state index contributed by atoms with van der Waals surface area (Å²) in [5.41, 5.74) is 2.98. The Bertz CT molecular complexity index is 734. The monoisotopic (exact) mass is 373 g/mol. The molecule has 3 rings (SSSR count). The Hall–Kier alpha value is -1.92. The van der Waals surface area contributed by atoms with Crippen LogP contribution >= 0.6 is 11.3 Å². The number of carbonyl (C=O) groups excluding carboxylic acids is 1. The van der Waals surface area contributed by atoms with Gasteiger partial charge in [-0.15, -0.1) is 11.3 Å². The first-order chi connectivity index (χ1) is 12.5. The minimum absolute atomic E-state index is 0.0136. The Morgan fingerprint density at radius 2 is 2.00 bits per heavy atom. The highest BCUT2D eigenvalue weighted by atomic mass is 32.1. The molecule has 0 radical (unpaired) electrons. The van der Waals surface area contributed by atoms with Crippen LogP contribution in [0.4, 0.5) is 11.4 Å². The van der Waals surface area contributed by atoms with Crippen LogP contribution in [0.1, 0.15) is 35.3 Å². The van der Waals surface area contributed by atoms with Crippen molar-refractivity contribution in [1.82, 2.24) is 4.98 Å². The van der Waals surface area contributed by atoms with Crippen LogP contribution in [0.25, 0.3) is 0 Å². The summed E-state index contributed by atoms with van der Waals surface area (Å²) >= 11 is 1.54. The van der Waals surface area contributed by atoms with Gasteiger partial charge in [0.25, 0.3) is 0 Å². The second-order valence-corrected chi connectivity index (χ2v) is 8.16. The van der Waals surface area contributed by atoms with Gasteiger partial charge in [-0.2, -0.15) is 0 Å². The van der Waals surface area contributed by atoms with Gasteiger partial charge < -0.3 is 15.0 Å². The number of methoxy groups -OCH3 is 1. The molecule has 1 amide bonds. The third-order valence-electron chi connectivity index (χ3n) is 4.83. The minimum Gasteiger partial charge on any atom is -0.378 e. The quantitative estimate of drug-likeness (QED) is 0.831. The van der Waals surface area contributed by atoms with E-state index in [1.165, 1.54) is 18.5 Å². The molecular weight excluding hydrogens is 346 g/mol. The lowest BCUT2D eigenvalue weighted by molar-refractivity contribution is -0.115. The number of hydrogen-bond acceptors (Lipinski definition) is 5. The Labute approximate surface area is 159 Å². The molecule has 0 saturated carbocycles. The Morgan fingerprint density at radius 3 is 2.65 bits per heavy atom. The van der Waals surface area contributed by atoms with Crippen molar-refractivity contribution in [1.29, 1.82) is 0 Å². The molecule has 1 aromatic carbocycles. The molecule has 0 atom stereocenters. The maximum absolute atomic E-state index is 12.4. The molecule has 0 spiro atoms. The lowest BCUT2D eigenvalue weighted by Crippen LogP contribution is -2.32. The molecule has 6 heteroatoms. The average Bonchev–Trinajstić information content (AvgIpc) is 2.96. The number of aryl methyl sites for hydroxylation is 1. The Balaban J connectivity index is 1.56. The van der Waals surface area contributed by atoms with E-state index in [-0.39, 0.29) is 5.91 Å². The van der Waals surface area contributed by atoms with Crippen molar-refractivity contribution in [3.05, 3.63) is 39.8 Å². The molecule has 1 aliphatic heterocycles. The third kappa shape index (κ3) is 4.83. The second-order valence-electron chi connectivity index (χ2n) is 6.99. The van der Waals surface area contributed by atoms with E-state index in [1.807, 2.05) is 19.1 Å². The largest absolute Gasteiger partial charge is 0.378 e. The summed E-state index contributed by atoms with van der Waals surface area (Å²) in [6, 6.07) is 8.17. The van der Waals surface area contributed by atoms with Crippen LogP contribution in [0.5, 0.6) is 0 Å². The van der Waals surface area contributed by atoms with Crippen molar-refractivity contribution in [2.75, 3.05) is 30.4 Å². The van der Waals surface area contributed by atoms with E-state index in [1.54, 1.807) is 18.4 Å². The first-order valence-electron chi connectivity index (χ1n) is 9.14. The van der Waals surface area contributed by atoms with E-state index < -0.39 is 0 Å². The highest BCUT2D eigenvalue weighted by molar-refractivity contribution is 7.11. The van der Waals surface area contributed by atoms with Crippen LogP contribution in [0.15, 0.2) is 24.3 Å². The molecule has 140 valence electrons. The van der Waals surface area contributed by atoms with Gasteiger partial charge in [-0.1, -0.05) is 6.92 Å². The standard InChI is InChI=1S/C20H27N3O2S/c1-14-8-10-23(11-9-14)17-6-4-16(5-7-17)22-19(24)12-18-15(2)21-20(26-18)13-25-3/h4-7,14H,8-13H2,1-3H3,(H,22,24). The highest BCUT2D eigenvalue weighted by Crippen LogP contribution is 2.25. The van der Waals surface area contributed by atoms with Crippen molar-refractivity contribution < 1.29 is 9.53 Å². The predicted octanol–water partition coefficient (Wildman–Crippen LogP) is 4.02. The first-order valence-corrected chi connectivity index (χ1v) is 9.95. The van der Waals surface area contributed by atoms with Gasteiger partial charge in [0, 0.05) is 36.5 Å². The van der Waals surface area contributed by atoms with Gasteiger partial charge in [-0.05, 0) is 49.9 Å². The van der Waals surface area contributed by atoms with Crippen LogP contribution in [-0.2, 0) is 22.6 Å². The van der Waals surface area contributed by atoms with Crippen molar-refractivity contribution in [3.8, 4) is 0 Å². The van der Waals surface area contributed by atoms with Gasteiger partial charge >= 0.3 is 0 Å². The van der Waals surface area contributed by atoms with Gasteiger partial charge in [-0.25, -0.2) is 4.98 Å². The molecule has 0 bridgehead atoms. The average molecular weight is 374 g/mol. The lowest BCUT2D eigenvalue weighted by Gasteiger charge is -2.32. The topological polar surface area (TPSA) is 54.5 Å². The molecule has 1 aromatic heterocycles. The zero-order valence-electron chi connectivity index (χ0n) is 15.7. The summed E-state index contributed by atoms with van der Waals surface area (Å²) in [5.74, 6) is 0.810. The number of carbonyl (C=O) groups is 1. The Morgan fingerprint density at radius 1 is 1.31 bits per heavy atom. The summed E-state index contributed by atoms with van der Waals surface area (Å²) in [4.78, 5) is 20.2. The SMILES string of the molecule is COCc1nc(C)c(CC(=O)Nc2ccc(N3CCC(C)CC3)cc2)s1. The van der Waals surface area contributed by atoms with E-state index in [4.69, 9.17) is 4.74 Å². The normalized spacial score (nSPS) is 15.3. The molecule has 1 aliphatic rings. The summed E-state index contributed by atoms with van der Waals surface area (Å²) in [6.07, 6.45) is 2.84. The first kappa shape index (κ1) is 18.9. The summed E-state index contributed by atoms with van der Waals surface area (Å²) < 4.78 is 5.11. The van der Waals surface area contributed by atoms with Crippen LogP contribution in [0.2, 0.25) is 0 Å². The van der Waals surface area contributed by atoms with Gasteiger partial charge in [0.1, 0.15) is 5.01 Å². The number of nitrogens with zero attached hydrogens (tertiary/aromatic N) is 2. The molecule has 0 aliphatic carbocycles. The van der Waals surface area contributed by atoms with Crippen molar-refractivity contribution in [2.45, 2.75) is 39.7 Å². The van der Waals surface area contributed by atoms with Crippen LogP contribution in [-0.4, -0.2) is 31.1 Å². The van der Waals surface area contributed by atoms with E-state index >= 15 is 0 Å². The minimum atomic E-state index is -0.0136. The van der Waals surface area contributed by atoms with E-state index in [2.05, 4.69) is 34.3 Å². The number of amides is 1. The smallest absolute Gasteiger partial charge is 0.229 e. The summed E-state index contributed by atoms with van der Waals surface area (Å²) in [5, 5.41) is 3.90. The number of thiazole rings is 1. The van der Waals surface area contributed by atoms with E-state index in [9.17, 15) is 4.79 Å². The van der Waals surface area contributed by atoms with Gasteiger partial charge in [0.15, 0.2) is 0 Å². The number of ether oxygens (including phenoxy) is 1. The number of anilines is 2. The van der Waals surface area contributed by atoms with Gasteiger partial charge in [0.2, 0.25) is 5.91 Å². The van der Waals surface area contributed by atoms with Gasteiger partial charge in [-0.3, -0.25) is 4.79 Å². The van der Waals surface area contributed by atoms with Crippen molar-refractivity contribution in [3.63, 3.8) is 0 Å². The number of hydrogen-bond donors (Lipinski definition) is 1. The molecule has 1 N–H and O–H groups in total. The van der Waals surface area contributed by atoms with Crippen LogP contribution in [0.3, 0.4) is 0 Å². The molecule has 0 unspecified atom stereocenters. The second kappa shape index (κ2) is 8.64.